The van der Waals surface area contributed by atoms with Gasteiger partial charge in [-0.3, -0.25) is 19.2 Å². The highest BCUT2D eigenvalue weighted by Gasteiger charge is 2.88. The van der Waals surface area contributed by atoms with Gasteiger partial charge in [0.25, 0.3) is 0 Å². The standard InChI is InChI=1S/C28H38O14/c1-12(29)37-11-16-8-21-28(27(7,42-28)24(35)41-21)23(40-15(4)32)22-25(5,19(9-17(16)33)38-13(2)30)20(39-14(3)31)10-18(34)26(22,6)36/h8,17-23,33-34,36H,9-11H2,1-7H3/b16-8-/t17-,18+,19+,20+,21+,22-,23+,25+,26-,27+,28+/m1/s1. The molecule has 0 aromatic heterocycles. The van der Waals surface area contributed by atoms with E-state index in [1.54, 1.807) is 0 Å². The Morgan fingerprint density at radius 1 is 0.905 bits per heavy atom. The molecule has 2 heterocycles. The lowest BCUT2D eigenvalue weighted by molar-refractivity contribution is -0.275. The Morgan fingerprint density at radius 3 is 1.95 bits per heavy atom. The van der Waals surface area contributed by atoms with Crippen LogP contribution in [0.4, 0.5) is 0 Å². The molecular formula is C28H38O14. The third-order valence-electron chi connectivity index (χ3n) is 9.23. The molecule has 42 heavy (non-hydrogen) atoms. The van der Waals surface area contributed by atoms with E-state index in [2.05, 4.69) is 0 Å². The maximum atomic E-state index is 13.2. The summed E-state index contributed by atoms with van der Waals surface area (Å²) in [4.78, 5) is 62.3. The van der Waals surface area contributed by atoms with E-state index in [0.29, 0.717) is 0 Å². The maximum Gasteiger partial charge on any atom is 0.342 e. The van der Waals surface area contributed by atoms with Gasteiger partial charge in [-0.15, -0.1) is 0 Å². The molecule has 0 unspecified atom stereocenters. The Balaban J connectivity index is 2.06. The van der Waals surface area contributed by atoms with Crippen LogP contribution in [0.3, 0.4) is 0 Å². The molecule has 4 rings (SSSR count). The van der Waals surface area contributed by atoms with E-state index < -0.39 is 101 Å². The summed E-state index contributed by atoms with van der Waals surface area (Å²) >= 11 is 0. The van der Waals surface area contributed by atoms with Gasteiger partial charge < -0.3 is 43.7 Å². The smallest absolute Gasteiger partial charge is 0.342 e. The predicted molar refractivity (Wildman–Crippen MR) is 137 cm³/mol. The summed E-state index contributed by atoms with van der Waals surface area (Å²) in [5.74, 6) is -5.31. The zero-order valence-electron chi connectivity index (χ0n) is 24.6. The molecule has 1 spiro atoms. The first-order chi connectivity index (χ1) is 19.3. The summed E-state index contributed by atoms with van der Waals surface area (Å²) in [6.45, 7) is 8.30. The minimum atomic E-state index is -2.13. The van der Waals surface area contributed by atoms with Gasteiger partial charge >= 0.3 is 29.8 Å². The molecular weight excluding hydrogens is 560 g/mol. The van der Waals surface area contributed by atoms with Crippen molar-refractivity contribution >= 4 is 29.8 Å². The SMILES string of the molecule is CC(=O)OC/C1=C/[C@@H]2OC(=O)[C@]3(C)O[C@]23[C@@H](OC(C)=O)[C@H]2[C@](C)(O)[C@@H](O)C[C@H](OC(C)=O)[C@]2(C)[C@@H](OC(C)=O)C[C@H]1O. The van der Waals surface area contributed by atoms with E-state index in [4.69, 9.17) is 28.4 Å². The first-order valence-electron chi connectivity index (χ1n) is 13.7. The normalized spacial score (nSPS) is 45.4. The van der Waals surface area contributed by atoms with E-state index in [-0.39, 0.29) is 18.4 Å². The number of aliphatic hydroxyl groups is 3. The van der Waals surface area contributed by atoms with Crippen LogP contribution >= 0.6 is 0 Å². The fourth-order valence-electron chi connectivity index (χ4n) is 7.16. The second-order valence-electron chi connectivity index (χ2n) is 12.1. The largest absolute Gasteiger partial charge is 0.462 e. The molecule has 4 aliphatic rings. The second-order valence-corrected chi connectivity index (χ2v) is 12.1. The van der Waals surface area contributed by atoms with Crippen LogP contribution < -0.4 is 0 Å². The molecule has 2 saturated heterocycles. The van der Waals surface area contributed by atoms with Crippen LogP contribution in [0.1, 0.15) is 61.3 Å². The Kier molecular flexibility index (Phi) is 8.02. The van der Waals surface area contributed by atoms with E-state index >= 15 is 0 Å². The number of carbonyl (C=O) groups excluding carboxylic acids is 5. The molecule has 2 aliphatic heterocycles. The molecule has 2 aliphatic carbocycles. The van der Waals surface area contributed by atoms with E-state index in [9.17, 15) is 39.3 Å². The van der Waals surface area contributed by atoms with Gasteiger partial charge in [0.1, 0.15) is 24.9 Å². The summed E-state index contributed by atoms with van der Waals surface area (Å²) in [5.41, 5.74) is -7.28. The van der Waals surface area contributed by atoms with Crippen molar-refractivity contribution < 1.29 is 67.7 Å². The number of carbonyl (C=O) groups is 5. The van der Waals surface area contributed by atoms with Gasteiger partial charge in [-0.2, -0.15) is 0 Å². The number of esters is 5. The van der Waals surface area contributed by atoms with Crippen LogP contribution in [-0.2, 0) is 52.4 Å². The number of epoxide rings is 1. The summed E-state index contributed by atoms with van der Waals surface area (Å²) in [6, 6.07) is 0. The number of hydrogen-bond acceptors (Lipinski definition) is 14. The fourth-order valence-corrected chi connectivity index (χ4v) is 7.16. The molecule has 0 aromatic rings. The van der Waals surface area contributed by atoms with Crippen LogP contribution in [-0.4, -0.2) is 105 Å². The molecule has 1 saturated carbocycles. The molecule has 3 N–H and O–H groups in total. The van der Waals surface area contributed by atoms with Crippen molar-refractivity contribution in [1.29, 1.82) is 0 Å². The first-order valence-corrected chi connectivity index (χ1v) is 13.7. The number of rotatable bonds is 5. The number of ether oxygens (including phenoxy) is 6. The molecule has 14 heteroatoms. The third kappa shape index (κ3) is 4.87. The Hall–Kier alpha value is -3.07. The molecule has 14 nitrogen and oxygen atoms in total. The number of aliphatic hydroxyl groups excluding tert-OH is 2. The zero-order chi connectivity index (χ0) is 31.6. The molecule has 0 radical (unpaired) electrons. The van der Waals surface area contributed by atoms with Crippen molar-refractivity contribution in [2.75, 3.05) is 6.61 Å². The first kappa shape index (κ1) is 31.9. The minimum absolute atomic E-state index is 0.0644. The predicted octanol–water partition coefficient (Wildman–Crippen LogP) is -0.373. The summed E-state index contributed by atoms with van der Waals surface area (Å²) in [6.07, 6.45) is -7.91. The summed E-state index contributed by atoms with van der Waals surface area (Å²) in [5, 5.41) is 34.7. The fraction of sp³-hybridized carbons (Fsp3) is 0.750. The topological polar surface area (TPSA) is 205 Å². The monoisotopic (exact) mass is 598 g/mol. The molecule has 0 amide bonds. The van der Waals surface area contributed by atoms with Crippen LogP contribution in [0.25, 0.3) is 0 Å². The van der Waals surface area contributed by atoms with Crippen molar-refractivity contribution in [2.45, 2.75) is 115 Å². The Labute approximate surface area is 242 Å². The quantitative estimate of drug-likeness (QED) is 0.160. The van der Waals surface area contributed by atoms with Gasteiger partial charge in [-0.1, -0.05) is 6.92 Å². The van der Waals surface area contributed by atoms with Crippen LogP contribution in [0.5, 0.6) is 0 Å². The zero-order valence-corrected chi connectivity index (χ0v) is 24.6. The minimum Gasteiger partial charge on any atom is -0.462 e. The van der Waals surface area contributed by atoms with Gasteiger partial charge in [0.15, 0.2) is 17.3 Å². The van der Waals surface area contributed by atoms with Gasteiger partial charge in [0.2, 0.25) is 0 Å². The van der Waals surface area contributed by atoms with Crippen molar-refractivity contribution in [3.05, 3.63) is 11.6 Å². The lowest BCUT2D eigenvalue weighted by Gasteiger charge is -2.59. The number of hydrogen-bond donors (Lipinski definition) is 3. The summed E-state index contributed by atoms with van der Waals surface area (Å²) < 4.78 is 34.1. The lowest BCUT2D eigenvalue weighted by atomic mass is 9.51. The summed E-state index contributed by atoms with van der Waals surface area (Å²) in [7, 11) is 0. The van der Waals surface area contributed by atoms with Gasteiger partial charge in [-0.25, -0.2) is 4.79 Å². The highest BCUT2D eigenvalue weighted by molar-refractivity contribution is 5.89. The van der Waals surface area contributed by atoms with Crippen LogP contribution in [0, 0.1) is 11.3 Å². The van der Waals surface area contributed by atoms with Crippen molar-refractivity contribution in [1.82, 2.24) is 0 Å². The van der Waals surface area contributed by atoms with Gasteiger partial charge in [0.05, 0.1) is 23.2 Å². The molecule has 234 valence electrons. The van der Waals surface area contributed by atoms with Gasteiger partial charge in [0, 0.05) is 46.5 Å². The van der Waals surface area contributed by atoms with Crippen molar-refractivity contribution in [2.24, 2.45) is 11.3 Å². The highest BCUT2D eigenvalue weighted by atomic mass is 16.7. The van der Waals surface area contributed by atoms with E-state index in [1.807, 2.05) is 0 Å². The van der Waals surface area contributed by atoms with Crippen molar-refractivity contribution in [3.63, 3.8) is 0 Å². The average Bonchev–Trinajstić information content (AvgIpc) is 3.43. The molecule has 0 bridgehead atoms. The average molecular weight is 599 g/mol. The Bertz CT molecular complexity index is 1210. The highest BCUT2D eigenvalue weighted by Crippen LogP contribution is 2.66. The second kappa shape index (κ2) is 10.6. The lowest BCUT2D eigenvalue weighted by Crippen LogP contribution is -2.72. The van der Waals surface area contributed by atoms with Crippen LogP contribution in [0.15, 0.2) is 11.6 Å². The molecule has 0 aromatic carbocycles. The maximum absolute atomic E-state index is 13.2. The van der Waals surface area contributed by atoms with Crippen molar-refractivity contribution in [3.8, 4) is 0 Å². The molecule has 3 fully saturated rings. The number of fused-ring (bicyclic) bond motifs is 1. The van der Waals surface area contributed by atoms with E-state index in [0.717, 1.165) is 27.7 Å². The van der Waals surface area contributed by atoms with E-state index in [1.165, 1.54) is 26.8 Å². The van der Waals surface area contributed by atoms with Crippen LogP contribution in [0.2, 0.25) is 0 Å². The molecule has 11 atom stereocenters. The Morgan fingerprint density at radius 2 is 1.45 bits per heavy atom. The van der Waals surface area contributed by atoms with Gasteiger partial charge in [-0.05, 0) is 25.5 Å². The third-order valence-corrected chi connectivity index (χ3v) is 9.23.